The Labute approximate surface area is 193 Å². The Bertz CT molecular complexity index is 1590. The molecule has 0 radical (unpaired) electrons. The SMILES string of the molecule is O=S(=O)(Nc1cc(-c2cnc3c(ccn3-c3cccnc3)c2)cnc1Cl)c1ccccc1F. The molecule has 1 aromatic carbocycles. The number of benzene rings is 1. The average Bonchev–Trinajstić information content (AvgIpc) is 3.24. The third-order valence-corrected chi connectivity index (χ3v) is 6.69. The fourth-order valence-electron chi connectivity index (χ4n) is 3.43. The molecule has 4 aromatic heterocycles. The molecule has 33 heavy (non-hydrogen) atoms. The summed E-state index contributed by atoms with van der Waals surface area (Å²) in [6, 6.07) is 14.2. The number of fused-ring (bicyclic) bond motifs is 1. The predicted octanol–water partition coefficient (Wildman–Crippen LogP) is 5.08. The normalized spacial score (nSPS) is 11.6. The van der Waals surface area contributed by atoms with Crippen molar-refractivity contribution < 1.29 is 12.8 Å². The van der Waals surface area contributed by atoms with E-state index in [9.17, 15) is 12.8 Å². The summed E-state index contributed by atoms with van der Waals surface area (Å²) in [4.78, 5) is 12.3. The van der Waals surface area contributed by atoms with E-state index in [1.807, 2.05) is 35.0 Å². The molecule has 5 rings (SSSR count). The zero-order valence-electron chi connectivity index (χ0n) is 16.9. The van der Waals surface area contributed by atoms with Crippen molar-refractivity contribution in [2.24, 2.45) is 0 Å². The minimum Gasteiger partial charge on any atom is -0.300 e. The van der Waals surface area contributed by atoms with Crippen LogP contribution in [0.2, 0.25) is 5.15 Å². The maximum Gasteiger partial charge on any atom is 0.264 e. The molecule has 0 aliphatic heterocycles. The molecular weight excluding hydrogens is 465 g/mol. The van der Waals surface area contributed by atoms with E-state index in [2.05, 4.69) is 19.7 Å². The standard InChI is InChI=1S/C23H15ClFN5O2S/c24-22-20(29-33(31,32)21-6-2-1-5-19(21)25)11-17(12-27-22)16-10-15-7-9-30(23(15)28-13-16)18-4-3-8-26-14-18/h1-14,29H. The van der Waals surface area contributed by atoms with Crippen LogP contribution in [0.15, 0.2) is 90.5 Å². The van der Waals surface area contributed by atoms with Gasteiger partial charge in [0.25, 0.3) is 10.0 Å². The highest BCUT2D eigenvalue weighted by Gasteiger charge is 2.20. The van der Waals surface area contributed by atoms with Crippen LogP contribution in [-0.4, -0.2) is 27.9 Å². The van der Waals surface area contributed by atoms with Crippen LogP contribution >= 0.6 is 11.6 Å². The third-order valence-electron chi connectivity index (χ3n) is 4.99. The molecule has 0 unspecified atom stereocenters. The molecule has 10 heteroatoms. The van der Waals surface area contributed by atoms with Gasteiger partial charge in [0.2, 0.25) is 0 Å². The van der Waals surface area contributed by atoms with Crippen LogP contribution in [0.5, 0.6) is 0 Å². The van der Waals surface area contributed by atoms with Crippen LogP contribution in [-0.2, 0) is 10.0 Å². The lowest BCUT2D eigenvalue weighted by Gasteiger charge is -2.11. The van der Waals surface area contributed by atoms with E-state index in [0.717, 1.165) is 22.8 Å². The molecule has 0 aliphatic rings. The molecule has 0 saturated heterocycles. The maximum atomic E-state index is 14.0. The van der Waals surface area contributed by atoms with Gasteiger partial charge in [-0.05, 0) is 42.5 Å². The van der Waals surface area contributed by atoms with Crippen molar-refractivity contribution in [2.45, 2.75) is 4.90 Å². The van der Waals surface area contributed by atoms with E-state index in [4.69, 9.17) is 11.6 Å². The van der Waals surface area contributed by atoms with E-state index in [-0.39, 0.29) is 10.8 Å². The Morgan fingerprint density at radius 2 is 1.73 bits per heavy atom. The Morgan fingerprint density at radius 3 is 2.52 bits per heavy atom. The van der Waals surface area contributed by atoms with Crippen molar-refractivity contribution in [3.05, 3.63) is 96.6 Å². The zero-order chi connectivity index (χ0) is 23.0. The number of nitrogens with one attached hydrogen (secondary N) is 1. The number of pyridine rings is 3. The molecule has 4 heterocycles. The first-order valence-corrected chi connectivity index (χ1v) is 11.6. The van der Waals surface area contributed by atoms with Crippen LogP contribution in [0.1, 0.15) is 0 Å². The summed E-state index contributed by atoms with van der Waals surface area (Å²) in [6.07, 6.45) is 8.52. The van der Waals surface area contributed by atoms with Crippen molar-refractivity contribution in [1.82, 2.24) is 19.5 Å². The summed E-state index contributed by atoms with van der Waals surface area (Å²) in [5, 5.41) is 0.815. The number of nitrogens with zero attached hydrogens (tertiary/aromatic N) is 4. The first-order valence-electron chi connectivity index (χ1n) is 9.73. The van der Waals surface area contributed by atoms with E-state index in [0.29, 0.717) is 11.1 Å². The van der Waals surface area contributed by atoms with Gasteiger partial charge < -0.3 is 0 Å². The maximum absolute atomic E-state index is 14.0. The van der Waals surface area contributed by atoms with Gasteiger partial charge in [0, 0.05) is 41.3 Å². The molecule has 1 N–H and O–H groups in total. The van der Waals surface area contributed by atoms with Crippen molar-refractivity contribution in [3.63, 3.8) is 0 Å². The van der Waals surface area contributed by atoms with Crippen molar-refractivity contribution in [2.75, 3.05) is 4.72 Å². The Morgan fingerprint density at radius 1 is 0.939 bits per heavy atom. The minimum atomic E-state index is -4.20. The van der Waals surface area contributed by atoms with Gasteiger partial charge in [-0.25, -0.2) is 22.8 Å². The van der Waals surface area contributed by atoms with E-state index < -0.39 is 20.7 Å². The lowest BCUT2D eigenvalue weighted by molar-refractivity contribution is 0.570. The van der Waals surface area contributed by atoms with Crippen molar-refractivity contribution in [1.29, 1.82) is 0 Å². The molecule has 0 atom stereocenters. The molecule has 0 aliphatic carbocycles. The summed E-state index contributed by atoms with van der Waals surface area (Å²) in [5.74, 6) is -0.863. The molecule has 164 valence electrons. The number of sulfonamides is 1. The van der Waals surface area contributed by atoms with Gasteiger partial charge >= 0.3 is 0 Å². The quantitative estimate of drug-likeness (QED) is 0.355. The smallest absolute Gasteiger partial charge is 0.264 e. The molecular formula is C23H15ClFN5O2S. The second kappa shape index (κ2) is 8.27. The lowest BCUT2D eigenvalue weighted by Crippen LogP contribution is -2.15. The van der Waals surface area contributed by atoms with Crippen LogP contribution in [0.4, 0.5) is 10.1 Å². The zero-order valence-corrected chi connectivity index (χ0v) is 18.4. The van der Waals surface area contributed by atoms with Crippen molar-refractivity contribution in [3.8, 4) is 16.8 Å². The lowest BCUT2D eigenvalue weighted by atomic mass is 10.1. The first kappa shape index (κ1) is 21.0. The largest absolute Gasteiger partial charge is 0.300 e. The predicted molar refractivity (Wildman–Crippen MR) is 124 cm³/mol. The van der Waals surface area contributed by atoms with Crippen molar-refractivity contribution >= 4 is 38.3 Å². The second-order valence-electron chi connectivity index (χ2n) is 7.13. The fraction of sp³-hybridized carbons (Fsp3) is 0. The number of rotatable bonds is 5. The summed E-state index contributed by atoms with van der Waals surface area (Å²) < 4.78 is 43.6. The molecule has 0 bridgehead atoms. The second-order valence-corrected chi connectivity index (χ2v) is 9.14. The van der Waals surface area contributed by atoms with Gasteiger partial charge in [-0.15, -0.1) is 0 Å². The number of hydrogen-bond acceptors (Lipinski definition) is 5. The highest BCUT2D eigenvalue weighted by Crippen LogP contribution is 2.30. The summed E-state index contributed by atoms with van der Waals surface area (Å²) in [6.45, 7) is 0. The Hall–Kier alpha value is -3.82. The Balaban J connectivity index is 1.51. The van der Waals surface area contributed by atoms with Gasteiger partial charge in [0.1, 0.15) is 16.4 Å². The summed E-state index contributed by atoms with van der Waals surface area (Å²) in [7, 11) is -4.20. The highest BCUT2D eigenvalue weighted by molar-refractivity contribution is 7.92. The average molecular weight is 480 g/mol. The van der Waals surface area contributed by atoms with Gasteiger partial charge in [0.15, 0.2) is 5.15 Å². The Kier molecular flexibility index (Phi) is 5.27. The number of aromatic nitrogens is 4. The summed E-state index contributed by atoms with van der Waals surface area (Å²) in [5.41, 5.74) is 2.96. The van der Waals surface area contributed by atoms with Gasteiger partial charge in [0.05, 0.1) is 17.6 Å². The molecule has 7 nitrogen and oxygen atoms in total. The molecule has 0 amide bonds. The monoisotopic (exact) mass is 479 g/mol. The van der Waals surface area contributed by atoms with E-state index in [1.165, 1.54) is 30.5 Å². The fourth-order valence-corrected chi connectivity index (χ4v) is 4.77. The van der Waals surface area contributed by atoms with Gasteiger partial charge in [-0.3, -0.25) is 14.3 Å². The van der Waals surface area contributed by atoms with Crippen LogP contribution in [0.3, 0.4) is 0 Å². The van der Waals surface area contributed by atoms with E-state index in [1.54, 1.807) is 18.6 Å². The van der Waals surface area contributed by atoms with Gasteiger partial charge in [-0.2, -0.15) is 0 Å². The number of halogens is 2. The molecule has 0 spiro atoms. The highest BCUT2D eigenvalue weighted by atomic mass is 35.5. The summed E-state index contributed by atoms with van der Waals surface area (Å²) >= 11 is 6.13. The first-order chi connectivity index (χ1) is 15.9. The molecule has 0 fully saturated rings. The third kappa shape index (κ3) is 4.04. The molecule has 5 aromatic rings. The topological polar surface area (TPSA) is 89.8 Å². The van der Waals surface area contributed by atoms with Crippen LogP contribution < -0.4 is 4.72 Å². The number of hydrogen-bond donors (Lipinski definition) is 1. The molecule has 0 saturated carbocycles. The number of anilines is 1. The van der Waals surface area contributed by atoms with Crippen LogP contribution in [0, 0.1) is 5.82 Å². The van der Waals surface area contributed by atoms with Gasteiger partial charge in [-0.1, -0.05) is 23.7 Å². The van der Waals surface area contributed by atoms with Crippen LogP contribution in [0.25, 0.3) is 27.8 Å². The minimum absolute atomic E-state index is 0.0328. The van der Waals surface area contributed by atoms with E-state index >= 15 is 0 Å².